The Labute approximate surface area is 158 Å². The summed E-state index contributed by atoms with van der Waals surface area (Å²) in [7, 11) is 0. The van der Waals surface area contributed by atoms with Crippen molar-refractivity contribution in [3.8, 4) is 11.3 Å². The lowest BCUT2D eigenvalue weighted by molar-refractivity contribution is 0.281. The summed E-state index contributed by atoms with van der Waals surface area (Å²) in [5, 5.41) is 10.1. The lowest BCUT2D eigenvalue weighted by Gasteiger charge is -2.40. The number of benzene rings is 2. The van der Waals surface area contributed by atoms with E-state index in [0.29, 0.717) is 5.92 Å². The summed E-state index contributed by atoms with van der Waals surface area (Å²) in [6.07, 6.45) is 5.75. The van der Waals surface area contributed by atoms with Gasteiger partial charge in [-0.1, -0.05) is 60.5 Å². The van der Waals surface area contributed by atoms with Gasteiger partial charge in [0.05, 0.1) is 11.1 Å². The van der Waals surface area contributed by atoms with Crippen molar-refractivity contribution in [2.45, 2.75) is 43.4 Å². The topological polar surface area (TPSA) is 38.7 Å². The predicted octanol–water partition coefficient (Wildman–Crippen LogP) is 5.54. The van der Waals surface area contributed by atoms with Crippen molar-refractivity contribution < 1.29 is 0 Å². The van der Waals surface area contributed by atoms with E-state index < -0.39 is 0 Å². The Hall–Kier alpha value is -2.26. The average Bonchev–Trinajstić information content (AvgIpc) is 3.48. The molecule has 2 saturated carbocycles. The molecule has 2 aliphatic carbocycles. The molecule has 0 N–H and O–H groups in total. The molecule has 0 amide bonds. The van der Waals surface area contributed by atoms with Gasteiger partial charge in [0.1, 0.15) is 5.69 Å². The Bertz CT molecular complexity index is 929. The summed E-state index contributed by atoms with van der Waals surface area (Å²) in [6.45, 7) is 0. The highest BCUT2D eigenvalue weighted by molar-refractivity contribution is 6.30. The Balaban J connectivity index is 1.61. The first kappa shape index (κ1) is 16.0. The van der Waals surface area contributed by atoms with Crippen molar-refractivity contribution >= 4 is 11.6 Å². The number of nitrogens with zero attached hydrogens (tertiary/aromatic N) is 3. The second-order valence-electron chi connectivity index (χ2n) is 7.45. The molecule has 2 aliphatic rings. The SMILES string of the molecule is Clc1ccc(C2(c3nnc(-c4ccccc4)c(C4CC4)n3)CCC2)cc1. The van der Waals surface area contributed by atoms with Crippen molar-refractivity contribution in [1.82, 2.24) is 15.2 Å². The fraction of sp³-hybridized carbons (Fsp3) is 0.318. The summed E-state index contributed by atoms with van der Waals surface area (Å²) in [5.74, 6) is 1.41. The molecule has 5 rings (SSSR count). The second-order valence-corrected chi connectivity index (χ2v) is 7.89. The van der Waals surface area contributed by atoms with Crippen LogP contribution in [0.15, 0.2) is 54.6 Å². The predicted molar refractivity (Wildman–Crippen MR) is 103 cm³/mol. The van der Waals surface area contributed by atoms with Gasteiger partial charge >= 0.3 is 0 Å². The maximum absolute atomic E-state index is 6.09. The van der Waals surface area contributed by atoms with Crippen LogP contribution < -0.4 is 0 Å². The monoisotopic (exact) mass is 361 g/mol. The molecule has 1 aromatic heterocycles. The summed E-state index contributed by atoms with van der Waals surface area (Å²) < 4.78 is 0. The minimum atomic E-state index is -0.101. The third-order valence-electron chi connectivity index (χ3n) is 5.76. The van der Waals surface area contributed by atoms with Gasteiger partial charge in [0.15, 0.2) is 5.82 Å². The lowest BCUT2D eigenvalue weighted by Crippen LogP contribution is -2.38. The van der Waals surface area contributed by atoms with Crippen LogP contribution >= 0.6 is 11.6 Å². The first-order valence-electron chi connectivity index (χ1n) is 9.33. The summed E-state index contributed by atoms with van der Waals surface area (Å²) >= 11 is 6.09. The summed E-state index contributed by atoms with van der Waals surface area (Å²) in [4.78, 5) is 5.10. The van der Waals surface area contributed by atoms with E-state index >= 15 is 0 Å². The van der Waals surface area contributed by atoms with E-state index in [-0.39, 0.29) is 5.41 Å². The average molecular weight is 362 g/mol. The number of aromatic nitrogens is 3. The number of hydrogen-bond donors (Lipinski definition) is 0. The summed E-state index contributed by atoms with van der Waals surface area (Å²) in [6, 6.07) is 18.5. The van der Waals surface area contributed by atoms with Gasteiger partial charge < -0.3 is 0 Å². The second kappa shape index (κ2) is 6.17. The van der Waals surface area contributed by atoms with Gasteiger partial charge in [-0.3, -0.25) is 0 Å². The van der Waals surface area contributed by atoms with Crippen LogP contribution in [-0.2, 0) is 5.41 Å². The largest absolute Gasteiger partial charge is 0.232 e. The van der Waals surface area contributed by atoms with E-state index in [4.69, 9.17) is 16.6 Å². The van der Waals surface area contributed by atoms with Crippen LogP contribution in [-0.4, -0.2) is 15.2 Å². The van der Waals surface area contributed by atoms with E-state index in [1.54, 1.807) is 0 Å². The Morgan fingerprint density at radius 2 is 1.62 bits per heavy atom. The van der Waals surface area contributed by atoms with Crippen molar-refractivity contribution in [3.05, 3.63) is 76.7 Å². The van der Waals surface area contributed by atoms with Crippen LogP contribution in [0.25, 0.3) is 11.3 Å². The molecule has 4 heteroatoms. The molecule has 3 aromatic rings. The van der Waals surface area contributed by atoms with Crippen LogP contribution in [0.4, 0.5) is 0 Å². The molecule has 0 saturated heterocycles. The van der Waals surface area contributed by atoms with Gasteiger partial charge in [0, 0.05) is 16.5 Å². The molecular formula is C22H20ClN3. The van der Waals surface area contributed by atoms with Crippen molar-refractivity contribution in [3.63, 3.8) is 0 Å². The van der Waals surface area contributed by atoms with E-state index in [1.165, 1.54) is 24.8 Å². The van der Waals surface area contributed by atoms with Crippen molar-refractivity contribution in [1.29, 1.82) is 0 Å². The number of hydrogen-bond acceptors (Lipinski definition) is 3. The maximum Gasteiger partial charge on any atom is 0.161 e. The van der Waals surface area contributed by atoms with Gasteiger partial charge in [-0.25, -0.2) is 4.98 Å². The van der Waals surface area contributed by atoms with Crippen LogP contribution in [0, 0.1) is 0 Å². The van der Waals surface area contributed by atoms with Crippen molar-refractivity contribution in [2.24, 2.45) is 0 Å². The van der Waals surface area contributed by atoms with Crippen molar-refractivity contribution in [2.75, 3.05) is 0 Å². The lowest BCUT2D eigenvalue weighted by atomic mass is 9.64. The maximum atomic E-state index is 6.09. The highest BCUT2D eigenvalue weighted by Gasteiger charge is 2.44. The zero-order valence-electron chi connectivity index (χ0n) is 14.5. The quantitative estimate of drug-likeness (QED) is 0.612. The Kier molecular flexibility index (Phi) is 3.79. The molecule has 26 heavy (non-hydrogen) atoms. The molecule has 2 fully saturated rings. The minimum Gasteiger partial charge on any atom is -0.232 e. The molecule has 0 bridgehead atoms. The van der Waals surface area contributed by atoms with Crippen LogP contribution in [0.1, 0.15) is 55.1 Å². The fourth-order valence-corrected chi connectivity index (χ4v) is 4.05. The number of rotatable bonds is 4. The number of halogens is 1. The molecule has 0 atom stereocenters. The van der Waals surface area contributed by atoms with Gasteiger partial charge in [0.2, 0.25) is 0 Å². The smallest absolute Gasteiger partial charge is 0.161 e. The Morgan fingerprint density at radius 3 is 2.23 bits per heavy atom. The first-order valence-corrected chi connectivity index (χ1v) is 9.71. The zero-order valence-corrected chi connectivity index (χ0v) is 15.3. The van der Waals surface area contributed by atoms with E-state index in [9.17, 15) is 0 Å². The molecule has 0 spiro atoms. The first-order chi connectivity index (χ1) is 12.8. The van der Waals surface area contributed by atoms with Gasteiger partial charge in [-0.15, -0.1) is 10.2 Å². The molecule has 3 nitrogen and oxygen atoms in total. The van der Waals surface area contributed by atoms with Crippen LogP contribution in [0.2, 0.25) is 5.02 Å². The highest BCUT2D eigenvalue weighted by Crippen LogP contribution is 2.49. The molecule has 0 radical (unpaired) electrons. The minimum absolute atomic E-state index is 0.101. The third-order valence-corrected chi connectivity index (χ3v) is 6.01. The Morgan fingerprint density at radius 1 is 0.885 bits per heavy atom. The van der Waals surface area contributed by atoms with E-state index in [0.717, 1.165) is 40.6 Å². The molecule has 0 aliphatic heterocycles. The molecular weight excluding hydrogens is 342 g/mol. The van der Waals surface area contributed by atoms with Gasteiger partial charge in [-0.05, 0) is 43.4 Å². The molecule has 2 aromatic carbocycles. The summed E-state index contributed by atoms with van der Waals surface area (Å²) in [5.41, 5.74) is 4.33. The third kappa shape index (κ3) is 2.62. The molecule has 130 valence electrons. The fourth-order valence-electron chi connectivity index (χ4n) is 3.92. The zero-order chi connectivity index (χ0) is 17.6. The standard InChI is InChI=1S/C22H20ClN3/c23-18-11-9-17(10-12-18)22(13-4-14-22)21-24-19(16-7-8-16)20(25-26-21)15-5-2-1-3-6-15/h1-3,5-6,9-12,16H,4,7-8,13-14H2. The molecule has 0 unspecified atom stereocenters. The van der Waals surface area contributed by atoms with Crippen LogP contribution in [0.5, 0.6) is 0 Å². The molecule has 1 heterocycles. The van der Waals surface area contributed by atoms with Gasteiger partial charge in [0.25, 0.3) is 0 Å². The van der Waals surface area contributed by atoms with Crippen LogP contribution in [0.3, 0.4) is 0 Å². The van der Waals surface area contributed by atoms with E-state index in [2.05, 4.69) is 34.5 Å². The highest BCUT2D eigenvalue weighted by atomic mass is 35.5. The van der Waals surface area contributed by atoms with Gasteiger partial charge in [-0.2, -0.15) is 0 Å². The van der Waals surface area contributed by atoms with E-state index in [1.807, 2.05) is 30.3 Å². The normalized spacial score (nSPS) is 18.3.